The number of carbonyl (C=O) groups is 2. The second-order valence-electron chi connectivity index (χ2n) is 4.12. The van der Waals surface area contributed by atoms with Crippen LogP contribution in [0.5, 0.6) is 0 Å². The van der Waals surface area contributed by atoms with E-state index in [1.54, 1.807) is 6.92 Å². The highest BCUT2D eigenvalue weighted by atomic mass is 16.6. The lowest BCUT2D eigenvalue weighted by Crippen LogP contribution is -2.32. The first-order valence-corrected chi connectivity index (χ1v) is 6.25. The predicted octanol–water partition coefficient (Wildman–Crippen LogP) is 2.25. The van der Waals surface area contributed by atoms with E-state index in [9.17, 15) is 9.59 Å². The molecule has 1 aromatic carbocycles. The molecule has 0 saturated carbocycles. The first-order chi connectivity index (χ1) is 9.11. The van der Waals surface area contributed by atoms with E-state index in [0.29, 0.717) is 0 Å². The van der Waals surface area contributed by atoms with Gasteiger partial charge in [0.2, 0.25) is 0 Å². The second-order valence-corrected chi connectivity index (χ2v) is 4.12. The summed E-state index contributed by atoms with van der Waals surface area (Å²) in [6.45, 7) is 3.70. The zero-order chi connectivity index (χ0) is 14.1. The van der Waals surface area contributed by atoms with Gasteiger partial charge in [0, 0.05) is 0 Å². The molecule has 1 amide bonds. The van der Waals surface area contributed by atoms with Crippen LogP contribution >= 0.6 is 0 Å². The van der Waals surface area contributed by atoms with Crippen LogP contribution in [0, 0.1) is 0 Å². The van der Waals surface area contributed by atoms with E-state index in [0.717, 1.165) is 12.0 Å². The van der Waals surface area contributed by atoms with Gasteiger partial charge in [0.15, 0.2) is 0 Å². The van der Waals surface area contributed by atoms with Crippen molar-refractivity contribution in [2.75, 3.05) is 6.54 Å². The Morgan fingerprint density at radius 1 is 1.26 bits per heavy atom. The van der Waals surface area contributed by atoms with E-state index in [1.165, 1.54) is 0 Å². The van der Waals surface area contributed by atoms with Gasteiger partial charge in [-0.05, 0) is 18.9 Å². The summed E-state index contributed by atoms with van der Waals surface area (Å²) in [6.07, 6.45) is -0.0438. The minimum absolute atomic E-state index is 0.166. The van der Waals surface area contributed by atoms with Crippen LogP contribution in [-0.2, 0) is 20.9 Å². The number of esters is 1. The zero-order valence-corrected chi connectivity index (χ0v) is 11.2. The molecule has 0 aliphatic heterocycles. The third-order valence-electron chi connectivity index (χ3n) is 2.50. The first kappa shape index (κ1) is 15.0. The van der Waals surface area contributed by atoms with Gasteiger partial charge in [-0.15, -0.1) is 0 Å². The fourth-order valence-electron chi connectivity index (χ4n) is 1.24. The third-order valence-corrected chi connectivity index (χ3v) is 2.50. The minimum atomic E-state index is -0.606. The molecule has 1 unspecified atom stereocenters. The normalized spacial score (nSPS) is 11.5. The van der Waals surface area contributed by atoms with Gasteiger partial charge in [0.25, 0.3) is 0 Å². The summed E-state index contributed by atoms with van der Waals surface area (Å²) < 4.78 is 9.96. The number of alkyl carbamates (subject to hydrolysis) is 1. The molecule has 0 aromatic heterocycles. The average Bonchev–Trinajstić information content (AvgIpc) is 2.43. The molecule has 0 aliphatic carbocycles. The van der Waals surface area contributed by atoms with Crippen molar-refractivity contribution in [1.29, 1.82) is 0 Å². The number of amides is 1. The van der Waals surface area contributed by atoms with Crippen LogP contribution in [0.4, 0.5) is 4.79 Å². The van der Waals surface area contributed by atoms with Crippen molar-refractivity contribution in [1.82, 2.24) is 5.32 Å². The van der Waals surface area contributed by atoms with Crippen LogP contribution in [0.3, 0.4) is 0 Å². The smallest absolute Gasteiger partial charge is 0.407 e. The molecule has 19 heavy (non-hydrogen) atoms. The Hall–Kier alpha value is -2.04. The van der Waals surface area contributed by atoms with E-state index in [-0.39, 0.29) is 19.3 Å². The van der Waals surface area contributed by atoms with Crippen molar-refractivity contribution >= 4 is 12.1 Å². The molecule has 104 valence electrons. The largest absolute Gasteiger partial charge is 0.460 e. The molecule has 0 spiro atoms. The Morgan fingerprint density at radius 2 is 1.95 bits per heavy atom. The van der Waals surface area contributed by atoms with Gasteiger partial charge < -0.3 is 14.8 Å². The molecule has 0 fully saturated rings. The Labute approximate surface area is 112 Å². The molecule has 5 heteroatoms. The number of benzene rings is 1. The molecule has 0 saturated heterocycles. The molecule has 5 nitrogen and oxygen atoms in total. The number of rotatable bonds is 6. The molecule has 0 bridgehead atoms. The highest BCUT2D eigenvalue weighted by molar-refractivity contribution is 5.77. The summed E-state index contributed by atoms with van der Waals surface area (Å²) in [5, 5.41) is 2.35. The second kappa shape index (κ2) is 8.13. The number of hydrogen-bond acceptors (Lipinski definition) is 4. The van der Waals surface area contributed by atoms with Crippen molar-refractivity contribution in [3.8, 4) is 0 Å². The van der Waals surface area contributed by atoms with Gasteiger partial charge in [-0.2, -0.15) is 0 Å². The van der Waals surface area contributed by atoms with Crippen LogP contribution in [0.25, 0.3) is 0 Å². The summed E-state index contributed by atoms with van der Waals surface area (Å²) in [7, 11) is 0. The fourth-order valence-corrected chi connectivity index (χ4v) is 1.24. The Kier molecular flexibility index (Phi) is 6.43. The van der Waals surface area contributed by atoms with Gasteiger partial charge in [0.1, 0.15) is 19.3 Å². The molecule has 0 radical (unpaired) electrons. The highest BCUT2D eigenvalue weighted by Crippen LogP contribution is 2.00. The van der Waals surface area contributed by atoms with E-state index < -0.39 is 12.1 Å². The Balaban J connectivity index is 2.19. The molecule has 0 heterocycles. The SMILES string of the molecule is CCC(C)OC(=O)NCC(=O)OCc1ccccc1. The molecule has 0 aliphatic rings. The molecule has 1 N–H and O–H groups in total. The summed E-state index contributed by atoms with van der Waals surface area (Å²) in [5.74, 6) is -0.495. The lowest BCUT2D eigenvalue weighted by Gasteiger charge is -2.11. The third kappa shape index (κ3) is 6.45. The van der Waals surface area contributed by atoms with Crippen LogP contribution < -0.4 is 5.32 Å². The average molecular weight is 265 g/mol. The van der Waals surface area contributed by atoms with Crippen molar-refractivity contribution in [3.05, 3.63) is 35.9 Å². The monoisotopic (exact) mass is 265 g/mol. The van der Waals surface area contributed by atoms with Crippen molar-refractivity contribution < 1.29 is 19.1 Å². The van der Waals surface area contributed by atoms with Gasteiger partial charge in [-0.3, -0.25) is 4.79 Å². The van der Waals surface area contributed by atoms with E-state index in [1.807, 2.05) is 37.3 Å². The molecular formula is C14H19NO4. The standard InChI is InChI=1S/C14H19NO4/c1-3-11(2)19-14(17)15-9-13(16)18-10-12-7-5-4-6-8-12/h4-8,11H,3,9-10H2,1-2H3,(H,15,17). The fraction of sp³-hybridized carbons (Fsp3) is 0.429. The summed E-state index contributed by atoms with van der Waals surface area (Å²) in [5.41, 5.74) is 0.901. The van der Waals surface area contributed by atoms with Crippen molar-refractivity contribution in [2.24, 2.45) is 0 Å². The topological polar surface area (TPSA) is 64.6 Å². The number of hydrogen-bond donors (Lipinski definition) is 1. The van der Waals surface area contributed by atoms with Gasteiger partial charge in [-0.1, -0.05) is 37.3 Å². The molecular weight excluding hydrogens is 246 g/mol. The van der Waals surface area contributed by atoms with Crippen LogP contribution in [0.1, 0.15) is 25.8 Å². The van der Waals surface area contributed by atoms with Crippen molar-refractivity contribution in [3.63, 3.8) is 0 Å². The highest BCUT2D eigenvalue weighted by Gasteiger charge is 2.10. The van der Waals surface area contributed by atoms with Crippen LogP contribution in [-0.4, -0.2) is 24.7 Å². The van der Waals surface area contributed by atoms with Crippen LogP contribution in [0.15, 0.2) is 30.3 Å². The zero-order valence-electron chi connectivity index (χ0n) is 11.2. The van der Waals surface area contributed by atoms with Crippen molar-refractivity contribution in [2.45, 2.75) is 33.0 Å². The molecule has 1 aromatic rings. The van der Waals surface area contributed by atoms with Crippen LogP contribution in [0.2, 0.25) is 0 Å². The summed E-state index contributed by atoms with van der Waals surface area (Å²) in [6, 6.07) is 9.34. The minimum Gasteiger partial charge on any atom is -0.460 e. The van der Waals surface area contributed by atoms with E-state index in [4.69, 9.17) is 9.47 Å². The van der Waals surface area contributed by atoms with Gasteiger partial charge >= 0.3 is 12.1 Å². The Bertz CT molecular complexity index is 405. The number of nitrogens with one attached hydrogen (secondary N) is 1. The Morgan fingerprint density at radius 3 is 2.58 bits per heavy atom. The maximum absolute atomic E-state index is 11.4. The quantitative estimate of drug-likeness (QED) is 0.801. The summed E-state index contributed by atoms with van der Waals surface area (Å²) in [4.78, 5) is 22.6. The van der Waals surface area contributed by atoms with E-state index in [2.05, 4.69) is 5.32 Å². The van der Waals surface area contributed by atoms with E-state index >= 15 is 0 Å². The lowest BCUT2D eigenvalue weighted by molar-refractivity contribution is -0.143. The number of ether oxygens (including phenoxy) is 2. The maximum Gasteiger partial charge on any atom is 0.407 e. The van der Waals surface area contributed by atoms with Gasteiger partial charge in [-0.25, -0.2) is 4.79 Å². The molecule has 1 rings (SSSR count). The first-order valence-electron chi connectivity index (χ1n) is 6.25. The number of carbonyl (C=O) groups excluding carboxylic acids is 2. The molecule has 1 atom stereocenters. The lowest BCUT2D eigenvalue weighted by atomic mass is 10.2. The summed E-state index contributed by atoms with van der Waals surface area (Å²) >= 11 is 0. The predicted molar refractivity (Wildman–Crippen MR) is 70.5 cm³/mol. The maximum atomic E-state index is 11.4. The van der Waals surface area contributed by atoms with Gasteiger partial charge in [0.05, 0.1) is 0 Å².